The minimum absolute atomic E-state index is 0.0425. The number of nitrogens with zero attached hydrogens (tertiary/aromatic N) is 1. The largest absolute Gasteiger partial charge is 0.353 e. The second-order valence-corrected chi connectivity index (χ2v) is 7.09. The molecule has 3 aromatic rings. The molecule has 3 amide bonds. The number of para-hydroxylation sites is 2. The lowest BCUT2D eigenvalue weighted by molar-refractivity contribution is -0.124. The van der Waals surface area contributed by atoms with E-state index < -0.39 is 5.91 Å². The lowest BCUT2D eigenvalue weighted by Gasteiger charge is -2.24. The van der Waals surface area contributed by atoms with Gasteiger partial charge < -0.3 is 15.5 Å². The Kier molecular flexibility index (Phi) is 8.33. The molecule has 0 aliphatic carbocycles. The molecule has 4 N–H and O–H groups in total. The fourth-order valence-electron chi connectivity index (χ4n) is 3.03. The van der Waals surface area contributed by atoms with Crippen LogP contribution in [-0.4, -0.2) is 36.0 Å². The number of anilines is 3. The molecule has 0 saturated carbocycles. The molecule has 3 rings (SSSR count). The third-order valence-electron chi connectivity index (χ3n) is 4.58. The number of amides is 3. The summed E-state index contributed by atoms with van der Waals surface area (Å²) >= 11 is 0. The Morgan fingerprint density at radius 3 is 1.67 bits per heavy atom. The molecular formula is C25H24N4O4. The van der Waals surface area contributed by atoms with Gasteiger partial charge >= 0.3 is 0 Å². The maximum atomic E-state index is 12.6. The molecule has 0 saturated heterocycles. The van der Waals surface area contributed by atoms with Crippen LogP contribution in [0.5, 0.6) is 0 Å². The zero-order chi connectivity index (χ0) is 23.5. The van der Waals surface area contributed by atoms with E-state index >= 15 is 0 Å². The molecule has 33 heavy (non-hydrogen) atoms. The molecule has 0 unspecified atom stereocenters. The van der Waals surface area contributed by atoms with Crippen molar-refractivity contribution in [2.45, 2.75) is 0 Å². The summed E-state index contributed by atoms with van der Waals surface area (Å²) in [7, 11) is 0. The summed E-state index contributed by atoms with van der Waals surface area (Å²) in [6.07, 6.45) is 2.72. The average Bonchev–Trinajstić information content (AvgIpc) is 2.83. The van der Waals surface area contributed by atoms with E-state index in [-0.39, 0.29) is 24.9 Å². The van der Waals surface area contributed by atoms with Gasteiger partial charge in [-0.25, -0.2) is 5.48 Å². The van der Waals surface area contributed by atoms with Gasteiger partial charge in [0.1, 0.15) is 0 Å². The van der Waals surface area contributed by atoms with E-state index in [1.165, 1.54) is 17.6 Å². The van der Waals surface area contributed by atoms with Gasteiger partial charge in [-0.1, -0.05) is 48.5 Å². The van der Waals surface area contributed by atoms with Crippen LogP contribution in [0.15, 0.2) is 91.0 Å². The van der Waals surface area contributed by atoms with Gasteiger partial charge in [0.15, 0.2) is 0 Å². The van der Waals surface area contributed by atoms with Crippen LogP contribution in [0, 0.1) is 0 Å². The third kappa shape index (κ3) is 7.64. The fraction of sp³-hybridized carbons (Fsp3) is 0.0800. The molecule has 168 valence electrons. The van der Waals surface area contributed by atoms with Crippen molar-refractivity contribution in [3.8, 4) is 0 Å². The van der Waals surface area contributed by atoms with E-state index in [1.807, 2.05) is 36.4 Å². The van der Waals surface area contributed by atoms with Crippen LogP contribution in [-0.2, 0) is 14.4 Å². The van der Waals surface area contributed by atoms with Gasteiger partial charge in [0.2, 0.25) is 11.8 Å². The van der Waals surface area contributed by atoms with E-state index in [0.29, 0.717) is 22.6 Å². The Bertz CT molecular complexity index is 1040. The maximum Gasteiger partial charge on any atom is 0.267 e. The lowest BCUT2D eigenvalue weighted by Crippen LogP contribution is -2.39. The van der Waals surface area contributed by atoms with Crippen molar-refractivity contribution in [3.63, 3.8) is 0 Å². The summed E-state index contributed by atoms with van der Waals surface area (Å²) in [5.41, 5.74) is 4.23. The standard InChI is InChI=1S/C25H24N4O4/c30-23(28-33)16-13-19-11-14-22(15-12-19)29(17-24(31)26-20-7-3-1-4-8-20)18-25(32)27-21-9-5-2-6-10-21/h1-16,33H,17-18H2,(H,26,31)(H,27,32)(H,28,30). The second-order valence-electron chi connectivity index (χ2n) is 7.09. The summed E-state index contributed by atoms with van der Waals surface area (Å²) in [4.78, 5) is 38.1. The highest BCUT2D eigenvalue weighted by Gasteiger charge is 2.16. The first-order valence-corrected chi connectivity index (χ1v) is 10.2. The van der Waals surface area contributed by atoms with Crippen molar-refractivity contribution in [3.05, 3.63) is 96.6 Å². The van der Waals surface area contributed by atoms with Crippen LogP contribution in [0.1, 0.15) is 5.56 Å². The van der Waals surface area contributed by atoms with Crippen LogP contribution >= 0.6 is 0 Å². The predicted octanol–water partition coefficient (Wildman–Crippen LogP) is 3.29. The highest BCUT2D eigenvalue weighted by molar-refractivity contribution is 5.98. The van der Waals surface area contributed by atoms with Crippen molar-refractivity contribution in [2.24, 2.45) is 0 Å². The predicted molar refractivity (Wildman–Crippen MR) is 128 cm³/mol. The minimum atomic E-state index is -0.643. The molecule has 8 heteroatoms. The van der Waals surface area contributed by atoms with Gasteiger partial charge in [-0.05, 0) is 48.0 Å². The molecule has 0 aliphatic heterocycles. The molecule has 0 fully saturated rings. The van der Waals surface area contributed by atoms with Gasteiger partial charge in [-0.15, -0.1) is 0 Å². The summed E-state index contributed by atoms with van der Waals surface area (Å²) in [5.74, 6) is -1.18. The van der Waals surface area contributed by atoms with E-state index in [0.717, 1.165) is 0 Å². The van der Waals surface area contributed by atoms with E-state index in [2.05, 4.69) is 10.6 Å². The number of carbonyl (C=O) groups is 3. The molecule has 0 atom stereocenters. The summed E-state index contributed by atoms with van der Waals surface area (Å²) in [6.45, 7) is -0.0849. The number of carbonyl (C=O) groups excluding carboxylic acids is 3. The van der Waals surface area contributed by atoms with Gasteiger partial charge in [0.25, 0.3) is 5.91 Å². The number of hydrogen-bond donors (Lipinski definition) is 4. The van der Waals surface area contributed by atoms with Crippen molar-refractivity contribution < 1.29 is 19.6 Å². The van der Waals surface area contributed by atoms with Crippen molar-refractivity contribution in [1.29, 1.82) is 0 Å². The third-order valence-corrected chi connectivity index (χ3v) is 4.58. The summed E-state index contributed by atoms with van der Waals surface area (Å²) < 4.78 is 0. The molecule has 0 heterocycles. The quantitative estimate of drug-likeness (QED) is 0.230. The first-order chi connectivity index (χ1) is 16.0. The first kappa shape index (κ1) is 23.2. The van der Waals surface area contributed by atoms with Gasteiger partial charge in [-0.3, -0.25) is 19.6 Å². The number of hydrogen-bond acceptors (Lipinski definition) is 5. The van der Waals surface area contributed by atoms with Crippen LogP contribution in [0.4, 0.5) is 17.1 Å². The number of hydroxylamine groups is 1. The fourth-order valence-corrected chi connectivity index (χ4v) is 3.03. The summed E-state index contributed by atoms with van der Waals surface area (Å²) in [6, 6.07) is 25.1. The molecule has 3 aromatic carbocycles. The van der Waals surface area contributed by atoms with Crippen molar-refractivity contribution in [1.82, 2.24) is 5.48 Å². The number of benzene rings is 3. The van der Waals surface area contributed by atoms with Crippen LogP contribution in [0.25, 0.3) is 6.08 Å². The molecule has 0 bridgehead atoms. The van der Waals surface area contributed by atoms with E-state index in [9.17, 15) is 14.4 Å². The Morgan fingerprint density at radius 2 is 1.21 bits per heavy atom. The van der Waals surface area contributed by atoms with Gasteiger partial charge in [0, 0.05) is 23.1 Å². The Balaban J connectivity index is 1.73. The highest BCUT2D eigenvalue weighted by Crippen LogP contribution is 2.17. The first-order valence-electron chi connectivity index (χ1n) is 10.2. The zero-order valence-corrected chi connectivity index (χ0v) is 17.8. The highest BCUT2D eigenvalue weighted by atomic mass is 16.5. The molecule has 0 aliphatic rings. The topological polar surface area (TPSA) is 111 Å². The molecule has 8 nitrogen and oxygen atoms in total. The number of nitrogens with one attached hydrogen (secondary N) is 3. The SMILES string of the molecule is O=C(C=Cc1ccc(N(CC(=O)Nc2ccccc2)CC(=O)Nc2ccccc2)cc1)NO. The Morgan fingerprint density at radius 1 is 0.727 bits per heavy atom. The van der Waals surface area contributed by atoms with Crippen LogP contribution < -0.4 is 21.0 Å². The van der Waals surface area contributed by atoms with Crippen molar-refractivity contribution >= 4 is 40.9 Å². The Labute approximate surface area is 191 Å². The van der Waals surface area contributed by atoms with Gasteiger partial charge in [-0.2, -0.15) is 0 Å². The smallest absolute Gasteiger partial charge is 0.267 e. The molecular weight excluding hydrogens is 420 g/mol. The molecule has 0 spiro atoms. The minimum Gasteiger partial charge on any atom is -0.353 e. The monoisotopic (exact) mass is 444 g/mol. The summed E-state index contributed by atoms with van der Waals surface area (Å²) in [5, 5.41) is 14.2. The normalized spacial score (nSPS) is 10.5. The van der Waals surface area contributed by atoms with Crippen molar-refractivity contribution in [2.75, 3.05) is 28.6 Å². The average molecular weight is 444 g/mol. The second kappa shape index (κ2) is 11.8. The zero-order valence-electron chi connectivity index (χ0n) is 17.8. The molecule has 0 radical (unpaired) electrons. The number of rotatable bonds is 9. The van der Waals surface area contributed by atoms with Crippen LogP contribution in [0.3, 0.4) is 0 Å². The van der Waals surface area contributed by atoms with Crippen LogP contribution in [0.2, 0.25) is 0 Å². The molecule has 0 aromatic heterocycles. The maximum absolute atomic E-state index is 12.6. The van der Waals surface area contributed by atoms with E-state index in [4.69, 9.17) is 5.21 Å². The lowest BCUT2D eigenvalue weighted by atomic mass is 10.1. The Hall–Kier alpha value is -4.43. The van der Waals surface area contributed by atoms with E-state index in [1.54, 1.807) is 53.4 Å². The van der Waals surface area contributed by atoms with Gasteiger partial charge in [0.05, 0.1) is 13.1 Å².